The molecule has 7 nitrogen and oxygen atoms in total. The molecule has 2 N–H and O–H groups in total. The molecule has 0 aliphatic carbocycles. The zero-order valence-corrected chi connectivity index (χ0v) is 15.5. The molecule has 4 heterocycles. The monoisotopic (exact) mass is 401 g/mol. The average Bonchev–Trinajstić information content (AvgIpc) is 3.05. The summed E-state index contributed by atoms with van der Waals surface area (Å²) in [7, 11) is 0. The number of rotatable bonds is 2. The number of fused-ring (bicyclic) bond motifs is 1. The van der Waals surface area contributed by atoms with Crippen molar-refractivity contribution in [3.63, 3.8) is 0 Å². The maximum atomic E-state index is 13.3. The number of hydrogen-bond donors (Lipinski definition) is 2. The van der Waals surface area contributed by atoms with Gasteiger partial charge in [0, 0.05) is 37.9 Å². The van der Waals surface area contributed by atoms with Crippen molar-refractivity contribution in [2.75, 3.05) is 26.2 Å². The minimum absolute atomic E-state index is 0. The highest BCUT2D eigenvalue weighted by atomic mass is 35.5. The molecule has 2 aliphatic rings. The van der Waals surface area contributed by atoms with E-state index >= 15 is 0 Å². The second kappa shape index (κ2) is 7.55. The Morgan fingerprint density at radius 1 is 1.22 bits per heavy atom. The van der Waals surface area contributed by atoms with E-state index in [2.05, 4.69) is 15.4 Å². The van der Waals surface area contributed by atoms with Gasteiger partial charge in [0.2, 0.25) is 0 Å². The van der Waals surface area contributed by atoms with Crippen LogP contribution in [0.1, 0.15) is 47.7 Å². The second-order valence-electron chi connectivity index (χ2n) is 7.05. The van der Waals surface area contributed by atoms with Gasteiger partial charge >= 0.3 is 0 Å². The number of alkyl halides is 2. The standard InChI is InChI=1S/C17H21F2N5O2.ClH/c18-17(19)3-7-23(8-4-17)16(26)12-10-21-24-13(9-14(25)22-15(12)24)11-1-5-20-6-2-11;/h9-11,20H,1-8H2,(H,22,25);1H. The fourth-order valence-electron chi connectivity index (χ4n) is 3.79. The number of carbonyl (C=O) groups is 1. The molecule has 0 saturated carbocycles. The van der Waals surface area contributed by atoms with Crippen LogP contribution in [0, 0.1) is 0 Å². The maximum Gasteiger partial charge on any atom is 0.259 e. The van der Waals surface area contributed by atoms with Crippen LogP contribution in [0.4, 0.5) is 8.78 Å². The van der Waals surface area contributed by atoms with E-state index in [-0.39, 0.29) is 61.3 Å². The zero-order chi connectivity index (χ0) is 18.3. The summed E-state index contributed by atoms with van der Waals surface area (Å²) in [6.45, 7) is 1.74. The Labute approximate surface area is 160 Å². The molecule has 0 unspecified atom stereocenters. The van der Waals surface area contributed by atoms with Gasteiger partial charge in [0.1, 0.15) is 11.2 Å². The number of carbonyl (C=O) groups excluding carboxylic acids is 1. The lowest BCUT2D eigenvalue weighted by molar-refractivity contribution is -0.0493. The lowest BCUT2D eigenvalue weighted by Gasteiger charge is -2.31. The first-order valence-electron chi connectivity index (χ1n) is 8.93. The first-order chi connectivity index (χ1) is 12.4. The minimum Gasteiger partial charge on any atom is -0.338 e. The Balaban J connectivity index is 0.00000210. The quantitative estimate of drug-likeness (QED) is 0.803. The number of hydrogen-bond acceptors (Lipinski definition) is 4. The van der Waals surface area contributed by atoms with Crippen LogP contribution < -0.4 is 10.9 Å². The van der Waals surface area contributed by atoms with Crippen molar-refractivity contribution in [2.24, 2.45) is 0 Å². The van der Waals surface area contributed by atoms with Crippen molar-refractivity contribution in [2.45, 2.75) is 37.5 Å². The normalized spacial score (nSPS) is 20.4. The van der Waals surface area contributed by atoms with Gasteiger partial charge in [0.25, 0.3) is 17.4 Å². The molecule has 0 spiro atoms. The summed E-state index contributed by atoms with van der Waals surface area (Å²) in [4.78, 5) is 29.0. The van der Waals surface area contributed by atoms with E-state index in [1.165, 1.54) is 17.2 Å². The molecule has 2 saturated heterocycles. The Hall–Kier alpha value is -2.00. The highest BCUT2D eigenvalue weighted by molar-refractivity contribution is 5.99. The van der Waals surface area contributed by atoms with Gasteiger partial charge in [-0.15, -0.1) is 12.4 Å². The molecule has 2 aromatic rings. The fourth-order valence-corrected chi connectivity index (χ4v) is 3.79. The molecular weight excluding hydrogens is 380 g/mol. The molecule has 4 rings (SSSR count). The number of H-pyrrole nitrogens is 1. The third-order valence-electron chi connectivity index (χ3n) is 5.30. The van der Waals surface area contributed by atoms with Gasteiger partial charge in [-0.2, -0.15) is 5.10 Å². The van der Waals surface area contributed by atoms with Crippen LogP contribution in [0.2, 0.25) is 0 Å². The summed E-state index contributed by atoms with van der Waals surface area (Å²) in [5.74, 6) is -2.89. The minimum atomic E-state index is -2.71. The van der Waals surface area contributed by atoms with Crippen LogP contribution in [0.5, 0.6) is 0 Å². The molecule has 1 amide bonds. The zero-order valence-electron chi connectivity index (χ0n) is 14.7. The van der Waals surface area contributed by atoms with Crippen molar-refractivity contribution in [1.29, 1.82) is 0 Å². The molecule has 2 aliphatic heterocycles. The lowest BCUT2D eigenvalue weighted by Crippen LogP contribution is -2.42. The molecule has 27 heavy (non-hydrogen) atoms. The van der Waals surface area contributed by atoms with E-state index in [9.17, 15) is 18.4 Å². The third-order valence-corrected chi connectivity index (χ3v) is 5.30. The number of aromatic nitrogens is 3. The molecular formula is C17H22ClF2N5O2. The predicted octanol–water partition coefficient (Wildman–Crippen LogP) is 1.78. The molecule has 148 valence electrons. The number of nitrogens with one attached hydrogen (secondary N) is 2. The van der Waals surface area contributed by atoms with Crippen LogP contribution in [0.25, 0.3) is 5.65 Å². The SMILES string of the molecule is Cl.O=C(c1cnn2c(C3CCNCC3)cc(=O)[nH]c12)N1CCC(F)(F)CC1. The van der Waals surface area contributed by atoms with Crippen LogP contribution in [0.3, 0.4) is 0 Å². The van der Waals surface area contributed by atoms with Gasteiger partial charge in [-0.1, -0.05) is 0 Å². The Kier molecular flexibility index (Phi) is 5.53. The van der Waals surface area contributed by atoms with Gasteiger partial charge in [0.15, 0.2) is 0 Å². The molecule has 2 fully saturated rings. The summed E-state index contributed by atoms with van der Waals surface area (Å²) in [5.41, 5.74) is 1.09. The number of amides is 1. The van der Waals surface area contributed by atoms with Gasteiger partial charge in [-0.3, -0.25) is 9.59 Å². The van der Waals surface area contributed by atoms with Crippen molar-refractivity contribution >= 4 is 24.0 Å². The van der Waals surface area contributed by atoms with E-state index < -0.39 is 5.92 Å². The van der Waals surface area contributed by atoms with Crippen LogP contribution in [-0.4, -0.2) is 57.5 Å². The fraction of sp³-hybridized carbons (Fsp3) is 0.588. The smallest absolute Gasteiger partial charge is 0.259 e. The summed E-state index contributed by atoms with van der Waals surface area (Å²) in [6.07, 6.45) is 2.53. The number of aromatic amines is 1. The van der Waals surface area contributed by atoms with Crippen molar-refractivity contribution in [3.05, 3.63) is 33.9 Å². The van der Waals surface area contributed by atoms with Crippen molar-refractivity contribution < 1.29 is 13.6 Å². The number of likely N-dealkylation sites (tertiary alicyclic amines) is 1. The van der Waals surface area contributed by atoms with Crippen molar-refractivity contribution in [3.8, 4) is 0 Å². The third kappa shape index (κ3) is 3.84. The number of halogens is 3. The van der Waals surface area contributed by atoms with Crippen LogP contribution in [0.15, 0.2) is 17.1 Å². The Bertz CT molecular complexity index is 881. The highest BCUT2D eigenvalue weighted by Crippen LogP contribution is 2.29. The Morgan fingerprint density at radius 3 is 2.56 bits per heavy atom. The average molecular weight is 402 g/mol. The largest absolute Gasteiger partial charge is 0.338 e. The summed E-state index contributed by atoms with van der Waals surface area (Å²) < 4.78 is 28.3. The highest BCUT2D eigenvalue weighted by Gasteiger charge is 2.36. The number of nitrogens with zero attached hydrogens (tertiary/aromatic N) is 3. The molecule has 0 atom stereocenters. The molecule has 0 aromatic carbocycles. The summed E-state index contributed by atoms with van der Waals surface area (Å²) >= 11 is 0. The molecule has 10 heteroatoms. The summed E-state index contributed by atoms with van der Waals surface area (Å²) in [6, 6.07) is 1.53. The van der Waals surface area contributed by atoms with Gasteiger partial charge in [-0.25, -0.2) is 13.3 Å². The van der Waals surface area contributed by atoms with Crippen LogP contribution in [-0.2, 0) is 0 Å². The van der Waals surface area contributed by atoms with Gasteiger partial charge in [0.05, 0.1) is 11.9 Å². The predicted molar refractivity (Wildman–Crippen MR) is 98.0 cm³/mol. The number of piperidine rings is 2. The van der Waals surface area contributed by atoms with E-state index in [0.29, 0.717) is 5.65 Å². The van der Waals surface area contributed by atoms with Crippen LogP contribution >= 0.6 is 12.4 Å². The molecule has 0 bridgehead atoms. The molecule has 0 radical (unpaired) electrons. The lowest BCUT2D eigenvalue weighted by atomic mass is 9.94. The first kappa shape index (κ1) is 19.8. The van der Waals surface area contributed by atoms with E-state index in [1.54, 1.807) is 4.52 Å². The van der Waals surface area contributed by atoms with Gasteiger partial charge < -0.3 is 15.2 Å². The maximum absolute atomic E-state index is 13.3. The van der Waals surface area contributed by atoms with E-state index in [0.717, 1.165) is 31.6 Å². The van der Waals surface area contributed by atoms with Crippen molar-refractivity contribution in [1.82, 2.24) is 24.8 Å². The van der Waals surface area contributed by atoms with E-state index in [4.69, 9.17) is 0 Å². The molecule has 2 aromatic heterocycles. The Morgan fingerprint density at radius 2 is 1.89 bits per heavy atom. The topological polar surface area (TPSA) is 82.5 Å². The van der Waals surface area contributed by atoms with Gasteiger partial charge in [-0.05, 0) is 25.9 Å². The van der Waals surface area contributed by atoms with E-state index in [1.807, 2.05) is 0 Å². The second-order valence-corrected chi connectivity index (χ2v) is 7.05. The summed E-state index contributed by atoms with van der Waals surface area (Å²) in [5, 5.41) is 7.59. The first-order valence-corrected chi connectivity index (χ1v) is 8.93.